The van der Waals surface area contributed by atoms with Crippen molar-refractivity contribution in [2.45, 2.75) is 46.5 Å². The summed E-state index contributed by atoms with van der Waals surface area (Å²) in [5, 5.41) is 9.42. The van der Waals surface area contributed by atoms with Crippen LogP contribution in [0.15, 0.2) is 0 Å². The summed E-state index contributed by atoms with van der Waals surface area (Å²) in [5.74, 6) is -0.728. The topological polar surface area (TPSA) is 57.6 Å². The van der Waals surface area contributed by atoms with E-state index in [1.54, 1.807) is 4.90 Å². The van der Waals surface area contributed by atoms with E-state index in [9.17, 15) is 14.7 Å². The lowest BCUT2D eigenvalue weighted by molar-refractivity contribution is -0.156. The molecular weight excluding hydrogens is 218 g/mol. The molecule has 1 N–H and O–H groups in total. The van der Waals surface area contributed by atoms with Crippen LogP contribution in [0.25, 0.3) is 0 Å². The van der Waals surface area contributed by atoms with Gasteiger partial charge in [0.15, 0.2) is 0 Å². The van der Waals surface area contributed by atoms with Gasteiger partial charge in [0, 0.05) is 19.0 Å². The summed E-state index contributed by atoms with van der Waals surface area (Å²) >= 11 is 0. The molecule has 0 radical (unpaired) electrons. The molecule has 0 saturated carbocycles. The predicted molar refractivity (Wildman–Crippen MR) is 65.6 cm³/mol. The predicted octanol–water partition coefficient (Wildman–Crippen LogP) is 2.14. The third-order valence-corrected chi connectivity index (χ3v) is 3.56. The summed E-state index contributed by atoms with van der Waals surface area (Å²) in [4.78, 5) is 25.1. The monoisotopic (exact) mass is 241 g/mol. The highest BCUT2D eigenvalue weighted by Crippen LogP contribution is 2.35. The summed E-state index contributed by atoms with van der Waals surface area (Å²) in [7, 11) is 0. The Labute approximate surface area is 103 Å². The van der Waals surface area contributed by atoms with Crippen molar-refractivity contribution >= 4 is 11.9 Å². The third kappa shape index (κ3) is 2.99. The van der Waals surface area contributed by atoms with Crippen LogP contribution in [0, 0.1) is 11.3 Å². The normalized spacial score (nSPS) is 25.1. The number of carbonyl (C=O) groups excluding carboxylic acids is 1. The van der Waals surface area contributed by atoms with Gasteiger partial charge in [-0.2, -0.15) is 0 Å². The molecule has 1 atom stereocenters. The lowest BCUT2D eigenvalue weighted by Gasteiger charge is -2.40. The first-order valence-corrected chi connectivity index (χ1v) is 6.45. The maximum Gasteiger partial charge on any atom is 0.311 e. The van der Waals surface area contributed by atoms with Crippen molar-refractivity contribution in [1.82, 2.24) is 4.90 Å². The maximum absolute atomic E-state index is 11.9. The molecule has 1 heterocycles. The number of carboxylic acid groups (broad SMARTS) is 1. The van der Waals surface area contributed by atoms with E-state index < -0.39 is 11.4 Å². The van der Waals surface area contributed by atoms with Crippen molar-refractivity contribution < 1.29 is 14.7 Å². The van der Waals surface area contributed by atoms with Crippen LogP contribution < -0.4 is 0 Å². The Balaban J connectivity index is 2.82. The molecule has 4 heteroatoms. The highest BCUT2D eigenvalue weighted by Gasteiger charge is 2.42. The van der Waals surface area contributed by atoms with E-state index in [2.05, 4.69) is 0 Å². The van der Waals surface area contributed by atoms with Crippen LogP contribution in [0.4, 0.5) is 0 Å². The number of carboxylic acids is 1. The largest absolute Gasteiger partial charge is 0.481 e. The van der Waals surface area contributed by atoms with Crippen molar-refractivity contribution in [3.05, 3.63) is 0 Å². The molecule has 0 aromatic carbocycles. The Morgan fingerprint density at radius 3 is 2.53 bits per heavy atom. The Morgan fingerprint density at radius 1 is 1.41 bits per heavy atom. The maximum atomic E-state index is 11.9. The summed E-state index contributed by atoms with van der Waals surface area (Å²) in [6.45, 7) is 6.80. The lowest BCUT2D eigenvalue weighted by Crippen LogP contribution is -2.50. The molecule has 1 amide bonds. The standard InChI is InChI=1S/C13H23NO3/c1-4-6-13(12(16)17)7-5-8-14(9-13)11(15)10(2)3/h10H,4-9H2,1-3H3,(H,16,17). The minimum Gasteiger partial charge on any atom is -0.481 e. The second-order valence-electron chi connectivity index (χ2n) is 5.35. The van der Waals surface area contributed by atoms with Gasteiger partial charge in [0.1, 0.15) is 0 Å². The minimum absolute atomic E-state index is 0.0544. The molecule has 1 rings (SSSR count). The second-order valence-corrected chi connectivity index (χ2v) is 5.35. The van der Waals surface area contributed by atoms with Crippen LogP contribution in [0.2, 0.25) is 0 Å². The fourth-order valence-electron chi connectivity index (χ4n) is 2.65. The lowest BCUT2D eigenvalue weighted by atomic mass is 9.76. The molecule has 0 bridgehead atoms. The Morgan fingerprint density at radius 2 is 2.06 bits per heavy atom. The number of rotatable bonds is 4. The van der Waals surface area contributed by atoms with Gasteiger partial charge in [-0.1, -0.05) is 27.2 Å². The highest BCUT2D eigenvalue weighted by molar-refractivity contribution is 5.80. The van der Waals surface area contributed by atoms with Gasteiger partial charge in [0.2, 0.25) is 5.91 Å². The van der Waals surface area contributed by atoms with Crippen LogP contribution in [-0.4, -0.2) is 35.0 Å². The van der Waals surface area contributed by atoms with Crippen molar-refractivity contribution in [1.29, 1.82) is 0 Å². The number of amides is 1. The minimum atomic E-state index is -0.749. The zero-order valence-corrected chi connectivity index (χ0v) is 11.0. The molecule has 4 nitrogen and oxygen atoms in total. The molecular formula is C13H23NO3. The molecule has 0 aliphatic carbocycles. The first-order valence-electron chi connectivity index (χ1n) is 6.45. The van der Waals surface area contributed by atoms with Crippen LogP contribution in [-0.2, 0) is 9.59 Å². The number of hydrogen-bond donors (Lipinski definition) is 1. The third-order valence-electron chi connectivity index (χ3n) is 3.56. The number of carbonyl (C=O) groups is 2. The summed E-state index contributed by atoms with van der Waals surface area (Å²) in [5.41, 5.74) is -0.711. The van der Waals surface area contributed by atoms with Crippen molar-refractivity contribution in [2.75, 3.05) is 13.1 Å². The Bertz CT molecular complexity index is 297. The van der Waals surface area contributed by atoms with Crippen molar-refractivity contribution in [3.8, 4) is 0 Å². The molecule has 98 valence electrons. The van der Waals surface area contributed by atoms with Gasteiger partial charge in [-0.3, -0.25) is 9.59 Å². The van der Waals surface area contributed by atoms with E-state index in [1.165, 1.54) is 0 Å². The van der Waals surface area contributed by atoms with Gasteiger partial charge in [0.25, 0.3) is 0 Å². The van der Waals surface area contributed by atoms with Crippen LogP contribution in [0.5, 0.6) is 0 Å². The number of nitrogens with zero attached hydrogens (tertiary/aromatic N) is 1. The zero-order valence-electron chi connectivity index (χ0n) is 11.0. The number of aliphatic carboxylic acids is 1. The molecule has 1 fully saturated rings. The number of likely N-dealkylation sites (tertiary alicyclic amines) is 1. The van der Waals surface area contributed by atoms with Gasteiger partial charge in [0.05, 0.1) is 5.41 Å². The molecule has 1 aliphatic rings. The Kier molecular flexibility index (Phi) is 4.54. The molecule has 0 aromatic rings. The van der Waals surface area contributed by atoms with E-state index in [0.717, 1.165) is 12.8 Å². The molecule has 1 saturated heterocycles. The molecule has 1 unspecified atom stereocenters. The molecule has 0 spiro atoms. The van der Waals surface area contributed by atoms with E-state index in [1.807, 2.05) is 20.8 Å². The summed E-state index contributed by atoms with van der Waals surface area (Å²) < 4.78 is 0. The van der Waals surface area contributed by atoms with Crippen molar-refractivity contribution in [2.24, 2.45) is 11.3 Å². The van der Waals surface area contributed by atoms with Gasteiger partial charge >= 0.3 is 5.97 Å². The SMILES string of the molecule is CCCC1(C(=O)O)CCCN(C(=O)C(C)C)C1. The molecule has 17 heavy (non-hydrogen) atoms. The average Bonchev–Trinajstić information content (AvgIpc) is 2.28. The van der Waals surface area contributed by atoms with E-state index in [0.29, 0.717) is 25.9 Å². The van der Waals surface area contributed by atoms with Crippen LogP contribution in [0.1, 0.15) is 46.5 Å². The van der Waals surface area contributed by atoms with E-state index in [4.69, 9.17) is 0 Å². The van der Waals surface area contributed by atoms with Crippen LogP contribution in [0.3, 0.4) is 0 Å². The first kappa shape index (κ1) is 14.0. The first-order chi connectivity index (χ1) is 7.93. The van der Waals surface area contributed by atoms with Crippen LogP contribution >= 0.6 is 0 Å². The number of piperidine rings is 1. The zero-order chi connectivity index (χ0) is 13.1. The van der Waals surface area contributed by atoms with E-state index in [-0.39, 0.29) is 11.8 Å². The summed E-state index contributed by atoms with van der Waals surface area (Å²) in [6, 6.07) is 0. The smallest absolute Gasteiger partial charge is 0.311 e. The molecule has 1 aliphatic heterocycles. The van der Waals surface area contributed by atoms with Gasteiger partial charge in [-0.25, -0.2) is 0 Å². The van der Waals surface area contributed by atoms with Gasteiger partial charge < -0.3 is 10.0 Å². The average molecular weight is 241 g/mol. The van der Waals surface area contributed by atoms with E-state index >= 15 is 0 Å². The van der Waals surface area contributed by atoms with Gasteiger partial charge in [-0.05, 0) is 19.3 Å². The second kappa shape index (κ2) is 5.52. The fourth-order valence-corrected chi connectivity index (χ4v) is 2.65. The quantitative estimate of drug-likeness (QED) is 0.820. The highest BCUT2D eigenvalue weighted by atomic mass is 16.4. The van der Waals surface area contributed by atoms with Gasteiger partial charge in [-0.15, -0.1) is 0 Å². The Hall–Kier alpha value is -1.06. The summed E-state index contributed by atoms with van der Waals surface area (Å²) in [6.07, 6.45) is 2.99. The fraction of sp³-hybridized carbons (Fsp3) is 0.846. The molecule has 0 aromatic heterocycles. The van der Waals surface area contributed by atoms with Crippen molar-refractivity contribution in [3.63, 3.8) is 0 Å². The number of hydrogen-bond acceptors (Lipinski definition) is 2.